The zero-order valence-electron chi connectivity index (χ0n) is 5.86. The molecule has 0 radical (unpaired) electrons. The molecule has 3 nitrogen and oxygen atoms in total. The Bertz CT molecular complexity index is 145. The molecule has 0 unspecified atom stereocenters. The molecule has 0 aromatic carbocycles. The number of carbonyl (C=O) groups excluding carboxylic acids is 1. The predicted octanol–water partition coefficient (Wildman–Crippen LogP) is 0.848. The molecule has 0 aliphatic heterocycles. The third-order valence-electron chi connectivity index (χ3n) is 1.19. The maximum absolute atomic E-state index is 10.5. The number of amides is 1. The van der Waals surface area contributed by atoms with Crippen LogP contribution in [0.4, 0.5) is 0 Å². The first-order valence-electron chi connectivity index (χ1n) is 2.68. The summed E-state index contributed by atoms with van der Waals surface area (Å²) in [6, 6.07) is 0. The van der Waals surface area contributed by atoms with Crippen molar-refractivity contribution in [3.8, 4) is 0 Å². The summed E-state index contributed by atoms with van der Waals surface area (Å²) in [5, 5.41) is 8.12. The van der Waals surface area contributed by atoms with E-state index in [2.05, 4.69) is 0 Å². The molecule has 0 aromatic heterocycles. The van der Waals surface area contributed by atoms with Crippen LogP contribution in [0, 0.1) is 0 Å². The molecule has 0 saturated carbocycles. The predicted molar refractivity (Wildman–Crippen MR) is 34.0 cm³/mol. The third kappa shape index (κ3) is 2.28. The van der Waals surface area contributed by atoms with E-state index < -0.39 is 5.91 Å². The van der Waals surface area contributed by atoms with Crippen molar-refractivity contribution in [1.29, 1.82) is 0 Å². The molecule has 1 amide bonds. The number of hydrogen-bond acceptors (Lipinski definition) is 2. The van der Waals surface area contributed by atoms with Crippen molar-refractivity contribution in [2.75, 3.05) is 0 Å². The van der Waals surface area contributed by atoms with Gasteiger partial charge >= 0.3 is 0 Å². The Balaban J connectivity index is 4.21. The summed E-state index contributed by atoms with van der Waals surface area (Å²) in [5.74, 6) is -0.435. The van der Waals surface area contributed by atoms with Crippen LogP contribution in [-0.4, -0.2) is 11.1 Å². The van der Waals surface area contributed by atoms with Gasteiger partial charge in [-0.3, -0.25) is 10.0 Å². The van der Waals surface area contributed by atoms with Crippen molar-refractivity contribution < 1.29 is 10.0 Å². The number of nitrogens with one attached hydrogen (secondary N) is 1. The Labute approximate surface area is 54.3 Å². The maximum Gasteiger partial charge on any atom is 0.270 e. The van der Waals surface area contributed by atoms with Gasteiger partial charge in [-0.15, -0.1) is 0 Å². The molecule has 0 atom stereocenters. The van der Waals surface area contributed by atoms with Crippen molar-refractivity contribution >= 4 is 5.91 Å². The van der Waals surface area contributed by atoms with Crippen LogP contribution in [0.1, 0.15) is 20.8 Å². The average Bonchev–Trinajstić information content (AvgIpc) is 1.84. The highest BCUT2D eigenvalue weighted by Crippen LogP contribution is 1.99. The highest BCUT2D eigenvalue weighted by molar-refractivity contribution is 5.92. The Morgan fingerprint density at radius 3 is 1.89 bits per heavy atom. The molecule has 3 heteroatoms. The summed E-state index contributed by atoms with van der Waals surface area (Å²) in [7, 11) is 0. The highest BCUT2D eigenvalue weighted by Gasteiger charge is 2.01. The van der Waals surface area contributed by atoms with Crippen LogP contribution < -0.4 is 5.48 Å². The molecule has 0 heterocycles. The quantitative estimate of drug-likeness (QED) is 0.313. The van der Waals surface area contributed by atoms with Gasteiger partial charge in [0.15, 0.2) is 0 Å². The van der Waals surface area contributed by atoms with Crippen molar-refractivity contribution in [2.45, 2.75) is 20.8 Å². The molecular formula is C6H11NO2. The normalized spacial score (nSPS) is 8.44. The van der Waals surface area contributed by atoms with E-state index in [9.17, 15) is 4.79 Å². The molecule has 0 rings (SSSR count). The van der Waals surface area contributed by atoms with Gasteiger partial charge in [0.25, 0.3) is 5.91 Å². The molecule has 52 valence electrons. The van der Waals surface area contributed by atoms with E-state index in [0.717, 1.165) is 5.57 Å². The van der Waals surface area contributed by atoms with Crippen LogP contribution in [0.15, 0.2) is 11.1 Å². The lowest BCUT2D eigenvalue weighted by Gasteiger charge is -1.98. The summed E-state index contributed by atoms with van der Waals surface area (Å²) in [6.07, 6.45) is 0. The number of hydroxylamine groups is 1. The Morgan fingerprint density at radius 2 is 1.78 bits per heavy atom. The molecule has 2 N–H and O–H groups in total. The Kier molecular flexibility index (Phi) is 2.95. The van der Waals surface area contributed by atoms with Crippen LogP contribution in [0.25, 0.3) is 0 Å². The topological polar surface area (TPSA) is 49.3 Å². The first-order chi connectivity index (χ1) is 4.09. The van der Waals surface area contributed by atoms with Gasteiger partial charge in [0.05, 0.1) is 0 Å². The molecule has 0 aromatic rings. The van der Waals surface area contributed by atoms with Crippen molar-refractivity contribution in [3.63, 3.8) is 0 Å². The lowest BCUT2D eigenvalue weighted by molar-refractivity contribution is -0.125. The minimum atomic E-state index is -0.435. The SMILES string of the molecule is CC(C)=C(C)C(=O)NO. The average molecular weight is 129 g/mol. The molecule has 0 saturated heterocycles. The second kappa shape index (κ2) is 3.25. The van der Waals surface area contributed by atoms with E-state index in [1.165, 1.54) is 0 Å². The van der Waals surface area contributed by atoms with E-state index in [1.54, 1.807) is 12.4 Å². The maximum atomic E-state index is 10.5. The van der Waals surface area contributed by atoms with Gasteiger partial charge in [-0.05, 0) is 20.8 Å². The van der Waals surface area contributed by atoms with Crippen molar-refractivity contribution in [2.24, 2.45) is 0 Å². The monoisotopic (exact) mass is 129 g/mol. The Morgan fingerprint density at radius 1 is 1.33 bits per heavy atom. The van der Waals surface area contributed by atoms with Crippen molar-refractivity contribution in [1.82, 2.24) is 5.48 Å². The second-order valence-corrected chi connectivity index (χ2v) is 2.07. The zero-order valence-corrected chi connectivity index (χ0v) is 5.86. The molecule has 9 heavy (non-hydrogen) atoms. The molecule has 0 aliphatic rings. The van der Waals surface area contributed by atoms with E-state index in [4.69, 9.17) is 5.21 Å². The second-order valence-electron chi connectivity index (χ2n) is 2.07. The van der Waals surface area contributed by atoms with Crippen LogP contribution in [0.5, 0.6) is 0 Å². The van der Waals surface area contributed by atoms with E-state index in [1.807, 2.05) is 13.8 Å². The summed E-state index contributed by atoms with van der Waals surface area (Å²) >= 11 is 0. The van der Waals surface area contributed by atoms with Gasteiger partial charge in [0, 0.05) is 5.57 Å². The summed E-state index contributed by atoms with van der Waals surface area (Å²) in [4.78, 5) is 10.5. The lowest BCUT2D eigenvalue weighted by Crippen LogP contribution is -2.19. The van der Waals surface area contributed by atoms with Gasteiger partial charge in [-0.25, -0.2) is 5.48 Å². The van der Waals surface area contributed by atoms with E-state index >= 15 is 0 Å². The van der Waals surface area contributed by atoms with Crippen LogP contribution in [0.2, 0.25) is 0 Å². The largest absolute Gasteiger partial charge is 0.288 e. The van der Waals surface area contributed by atoms with E-state index in [0.29, 0.717) is 5.57 Å². The molecule has 0 fully saturated rings. The standard InChI is InChI=1S/C6H11NO2/c1-4(2)5(3)6(8)7-9/h9H,1-3H3,(H,7,8). The number of allylic oxidation sites excluding steroid dienone is 1. The number of hydrogen-bond donors (Lipinski definition) is 2. The van der Waals surface area contributed by atoms with Gasteiger partial charge in [0.1, 0.15) is 0 Å². The first-order valence-corrected chi connectivity index (χ1v) is 2.68. The smallest absolute Gasteiger partial charge is 0.270 e. The fourth-order valence-electron chi connectivity index (χ4n) is 0.311. The van der Waals surface area contributed by atoms with E-state index in [-0.39, 0.29) is 0 Å². The fourth-order valence-corrected chi connectivity index (χ4v) is 0.311. The molecule has 0 spiro atoms. The summed E-state index contributed by atoms with van der Waals surface area (Å²) in [6.45, 7) is 5.27. The van der Waals surface area contributed by atoms with Crippen LogP contribution in [0.3, 0.4) is 0 Å². The minimum absolute atomic E-state index is 0.435. The molecular weight excluding hydrogens is 118 g/mol. The van der Waals surface area contributed by atoms with Crippen molar-refractivity contribution in [3.05, 3.63) is 11.1 Å². The lowest BCUT2D eigenvalue weighted by atomic mass is 10.2. The zero-order chi connectivity index (χ0) is 7.44. The summed E-state index contributed by atoms with van der Waals surface area (Å²) < 4.78 is 0. The number of carbonyl (C=O) groups is 1. The third-order valence-corrected chi connectivity index (χ3v) is 1.19. The summed E-state index contributed by atoms with van der Waals surface area (Å²) in [5.41, 5.74) is 3.01. The van der Waals surface area contributed by atoms with Gasteiger partial charge in [-0.1, -0.05) is 5.57 Å². The molecule has 0 bridgehead atoms. The Hall–Kier alpha value is -0.830. The van der Waals surface area contributed by atoms with Gasteiger partial charge in [0.2, 0.25) is 0 Å². The fraction of sp³-hybridized carbons (Fsp3) is 0.500. The minimum Gasteiger partial charge on any atom is -0.288 e. The number of rotatable bonds is 1. The van der Waals surface area contributed by atoms with Crippen LogP contribution >= 0.6 is 0 Å². The van der Waals surface area contributed by atoms with Gasteiger partial charge in [-0.2, -0.15) is 0 Å². The molecule has 0 aliphatic carbocycles. The first kappa shape index (κ1) is 8.17. The van der Waals surface area contributed by atoms with Gasteiger partial charge < -0.3 is 0 Å². The highest BCUT2D eigenvalue weighted by atomic mass is 16.5. The van der Waals surface area contributed by atoms with Crippen LogP contribution in [-0.2, 0) is 4.79 Å².